The summed E-state index contributed by atoms with van der Waals surface area (Å²) in [4.78, 5) is 32.6. The van der Waals surface area contributed by atoms with Gasteiger partial charge >= 0.3 is 12.0 Å². The summed E-state index contributed by atoms with van der Waals surface area (Å²) in [5.41, 5.74) is 3.40. The summed E-state index contributed by atoms with van der Waals surface area (Å²) in [6.45, 7) is -0.170. The van der Waals surface area contributed by atoms with Crippen LogP contribution in [0.1, 0.15) is 6.42 Å². The van der Waals surface area contributed by atoms with Crippen LogP contribution in [-0.4, -0.2) is 48.3 Å². The van der Waals surface area contributed by atoms with Crippen LogP contribution in [0.3, 0.4) is 0 Å². The lowest BCUT2D eigenvalue weighted by Crippen LogP contribution is -2.58. The van der Waals surface area contributed by atoms with Crippen LogP contribution in [-0.2, 0) is 14.3 Å². The van der Waals surface area contributed by atoms with Crippen molar-refractivity contribution >= 4 is 17.9 Å². The van der Waals surface area contributed by atoms with Gasteiger partial charge in [0.2, 0.25) is 5.91 Å². The summed E-state index contributed by atoms with van der Waals surface area (Å²) in [6, 6.07) is -0.758. The fourth-order valence-corrected chi connectivity index (χ4v) is 1.31. The van der Waals surface area contributed by atoms with Gasteiger partial charge in [0.05, 0.1) is 13.2 Å². The fraction of sp³-hybridized carbons (Fsp3) is 0.625. The molecule has 1 aliphatic rings. The van der Waals surface area contributed by atoms with E-state index in [0.29, 0.717) is 0 Å². The molecule has 0 bridgehead atoms. The average Bonchev–Trinajstić information content (AvgIpc) is 2.64. The molecule has 0 spiro atoms. The second kappa shape index (κ2) is 4.79. The molecule has 1 aliphatic heterocycles. The number of urea groups is 1. The number of hydrogen-bond donors (Lipinski definition) is 4. The van der Waals surface area contributed by atoms with Crippen LogP contribution < -0.4 is 16.4 Å². The van der Waals surface area contributed by atoms with Crippen LogP contribution in [0.4, 0.5) is 4.79 Å². The maximum Gasteiger partial charge on any atom is 0.332 e. The van der Waals surface area contributed by atoms with Gasteiger partial charge < -0.3 is 26.2 Å². The Morgan fingerprint density at radius 1 is 1.44 bits per heavy atom. The monoisotopic (exact) mass is 231 g/mol. The highest BCUT2D eigenvalue weighted by Gasteiger charge is 2.43. The molecule has 0 aliphatic carbocycles. The highest BCUT2D eigenvalue weighted by Crippen LogP contribution is 2.18. The Hall–Kier alpha value is -1.83. The van der Waals surface area contributed by atoms with Crippen LogP contribution in [0.5, 0.6) is 0 Å². The Balaban J connectivity index is 2.52. The molecule has 1 saturated heterocycles. The number of amides is 3. The number of carbonyl (C=O) groups excluding carboxylic acids is 2. The lowest BCUT2D eigenvalue weighted by molar-refractivity contribution is -0.144. The van der Waals surface area contributed by atoms with Crippen molar-refractivity contribution in [1.82, 2.24) is 10.6 Å². The molecule has 3 amide bonds. The number of primary amides is 1. The van der Waals surface area contributed by atoms with E-state index in [2.05, 4.69) is 10.6 Å². The van der Waals surface area contributed by atoms with Gasteiger partial charge in [-0.15, -0.1) is 0 Å². The molecule has 1 heterocycles. The van der Waals surface area contributed by atoms with Crippen LogP contribution in [0.2, 0.25) is 0 Å². The Morgan fingerprint density at radius 3 is 2.56 bits per heavy atom. The van der Waals surface area contributed by atoms with Gasteiger partial charge in [-0.3, -0.25) is 4.79 Å². The van der Waals surface area contributed by atoms with Gasteiger partial charge in [0.1, 0.15) is 0 Å². The number of carboxylic acids is 1. The largest absolute Gasteiger partial charge is 0.479 e. The van der Waals surface area contributed by atoms with Crippen molar-refractivity contribution in [3.05, 3.63) is 0 Å². The molecule has 1 rings (SSSR count). The van der Waals surface area contributed by atoms with Gasteiger partial charge in [0.25, 0.3) is 0 Å². The quantitative estimate of drug-likeness (QED) is 0.445. The van der Waals surface area contributed by atoms with E-state index in [-0.39, 0.29) is 26.2 Å². The summed E-state index contributed by atoms with van der Waals surface area (Å²) < 4.78 is 4.93. The maximum absolute atomic E-state index is 11.3. The summed E-state index contributed by atoms with van der Waals surface area (Å²) in [5.74, 6) is -1.87. The first-order chi connectivity index (χ1) is 7.46. The molecule has 0 radical (unpaired) electrons. The lowest BCUT2D eigenvalue weighted by Gasteiger charge is -2.23. The molecule has 5 N–H and O–H groups in total. The molecule has 8 nitrogen and oxygen atoms in total. The highest BCUT2D eigenvalue weighted by molar-refractivity contribution is 5.88. The van der Waals surface area contributed by atoms with E-state index in [4.69, 9.17) is 15.6 Å². The van der Waals surface area contributed by atoms with Crippen molar-refractivity contribution in [2.45, 2.75) is 12.0 Å². The first kappa shape index (κ1) is 12.2. The molecular formula is C8H13N3O5. The zero-order chi connectivity index (χ0) is 12.2. The SMILES string of the molecule is NC(=O)CNC(=O)NC1(C(=O)O)CCOC1. The third kappa shape index (κ3) is 2.83. The molecule has 1 atom stereocenters. The van der Waals surface area contributed by atoms with E-state index in [1.165, 1.54) is 0 Å². The molecule has 0 saturated carbocycles. The predicted octanol–water partition coefficient (Wildman–Crippen LogP) is -1.99. The standard InChI is InChI=1S/C8H13N3O5/c9-5(12)3-10-7(15)11-8(6(13)14)1-2-16-4-8/h1-4H2,(H2,9,12)(H,13,14)(H2,10,11,15). The van der Waals surface area contributed by atoms with Gasteiger partial charge in [0, 0.05) is 13.0 Å². The molecule has 16 heavy (non-hydrogen) atoms. The molecule has 0 aromatic heterocycles. The number of aliphatic carboxylic acids is 1. The Kier molecular flexibility index (Phi) is 3.67. The topological polar surface area (TPSA) is 131 Å². The number of hydrogen-bond acceptors (Lipinski definition) is 4. The number of nitrogens with two attached hydrogens (primary N) is 1. The maximum atomic E-state index is 11.3. The Bertz CT molecular complexity index is 311. The molecule has 1 fully saturated rings. The lowest BCUT2D eigenvalue weighted by atomic mass is 9.99. The summed E-state index contributed by atoms with van der Waals surface area (Å²) in [5, 5.41) is 13.4. The van der Waals surface area contributed by atoms with Crippen LogP contribution in [0, 0.1) is 0 Å². The normalized spacial score (nSPS) is 23.8. The minimum Gasteiger partial charge on any atom is -0.479 e. The number of carbonyl (C=O) groups is 3. The zero-order valence-electron chi connectivity index (χ0n) is 8.49. The number of carboxylic acid groups (broad SMARTS) is 1. The van der Waals surface area contributed by atoms with E-state index in [9.17, 15) is 14.4 Å². The van der Waals surface area contributed by atoms with E-state index in [1.54, 1.807) is 0 Å². The minimum atomic E-state index is -1.41. The second-order valence-electron chi connectivity index (χ2n) is 3.46. The molecule has 90 valence electrons. The first-order valence-electron chi connectivity index (χ1n) is 4.62. The highest BCUT2D eigenvalue weighted by atomic mass is 16.5. The van der Waals surface area contributed by atoms with E-state index >= 15 is 0 Å². The van der Waals surface area contributed by atoms with E-state index in [0.717, 1.165) is 0 Å². The third-order valence-electron chi connectivity index (χ3n) is 2.21. The van der Waals surface area contributed by atoms with E-state index < -0.39 is 23.4 Å². The third-order valence-corrected chi connectivity index (χ3v) is 2.21. The van der Waals surface area contributed by atoms with Crippen molar-refractivity contribution in [2.24, 2.45) is 5.73 Å². The zero-order valence-corrected chi connectivity index (χ0v) is 8.49. The van der Waals surface area contributed by atoms with Gasteiger partial charge in [-0.2, -0.15) is 0 Å². The molecule has 1 unspecified atom stereocenters. The van der Waals surface area contributed by atoms with Gasteiger partial charge in [-0.1, -0.05) is 0 Å². The Labute approximate surface area is 91.1 Å². The van der Waals surface area contributed by atoms with Gasteiger partial charge in [-0.25, -0.2) is 9.59 Å². The van der Waals surface area contributed by atoms with Crippen LogP contribution in [0.25, 0.3) is 0 Å². The van der Waals surface area contributed by atoms with Crippen LogP contribution >= 0.6 is 0 Å². The van der Waals surface area contributed by atoms with Crippen LogP contribution in [0.15, 0.2) is 0 Å². The minimum absolute atomic E-state index is 0.0909. The van der Waals surface area contributed by atoms with E-state index in [1.807, 2.05) is 0 Å². The average molecular weight is 231 g/mol. The summed E-state index contributed by atoms with van der Waals surface area (Å²) >= 11 is 0. The molecular weight excluding hydrogens is 218 g/mol. The van der Waals surface area contributed by atoms with Crippen molar-refractivity contribution in [1.29, 1.82) is 0 Å². The van der Waals surface area contributed by atoms with Gasteiger partial charge in [0.15, 0.2) is 5.54 Å². The molecule has 0 aromatic carbocycles. The van der Waals surface area contributed by atoms with Crippen molar-refractivity contribution in [3.8, 4) is 0 Å². The summed E-state index contributed by atoms with van der Waals surface area (Å²) in [7, 11) is 0. The van der Waals surface area contributed by atoms with Crippen molar-refractivity contribution in [3.63, 3.8) is 0 Å². The number of rotatable bonds is 4. The first-order valence-corrected chi connectivity index (χ1v) is 4.62. The summed E-state index contributed by atoms with van der Waals surface area (Å²) in [6.07, 6.45) is 0.187. The number of ether oxygens (including phenoxy) is 1. The second-order valence-corrected chi connectivity index (χ2v) is 3.46. The molecule has 8 heteroatoms. The van der Waals surface area contributed by atoms with Gasteiger partial charge in [-0.05, 0) is 0 Å². The van der Waals surface area contributed by atoms with Crippen molar-refractivity contribution < 1.29 is 24.2 Å². The fourth-order valence-electron chi connectivity index (χ4n) is 1.31. The number of nitrogens with one attached hydrogen (secondary N) is 2. The Morgan fingerprint density at radius 2 is 2.12 bits per heavy atom. The predicted molar refractivity (Wildman–Crippen MR) is 51.5 cm³/mol. The van der Waals surface area contributed by atoms with Crippen molar-refractivity contribution in [2.75, 3.05) is 19.8 Å². The smallest absolute Gasteiger partial charge is 0.332 e. The molecule has 0 aromatic rings.